The molecule has 6 heteroatoms. The fraction of sp³-hybridized carbons (Fsp3) is 0.400. The van der Waals surface area contributed by atoms with Crippen molar-refractivity contribution in [2.45, 2.75) is 44.2 Å². The van der Waals surface area contributed by atoms with Gasteiger partial charge in [0, 0.05) is 44.0 Å². The summed E-state index contributed by atoms with van der Waals surface area (Å²) in [5.74, 6) is 0.104. The molecule has 1 aromatic carbocycles. The smallest absolute Gasteiger partial charge is 0.225 e. The van der Waals surface area contributed by atoms with Crippen LogP contribution in [0.5, 0.6) is 0 Å². The van der Waals surface area contributed by atoms with Crippen molar-refractivity contribution >= 4 is 11.8 Å². The van der Waals surface area contributed by atoms with E-state index in [0.29, 0.717) is 25.8 Å². The van der Waals surface area contributed by atoms with Crippen LogP contribution in [0.3, 0.4) is 0 Å². The zero-order valence-electron chi connectivity index (χ0n) is 14.6. The van der Waals surface area contributed by atoms with E-state index in [0.717, 1.165) is 18.5 Å². The molecule has 0 bridgehead atoms. The lowest BCUT2D eigenvalue weighted by atomic mass is 10.1. The first-order valence-electron chi connectivity index (χ1n) is 9.09. The molecule has 0 saturated carbocycles. The fourth-order valence-corrected chi connectivity index (χ4v) is 3.94. The number of carbonyl (C=O) groups excluding carboxylic acids is 2. The number of nitrogens with one attached hydrogen (secondary N) is 1. The highest BCUT2D eigenvalue weighted by Gasteiger charge is 2.37. The van der Waals surface area contributed by atoms with Gasteiger partial charge in [0.15, 0.2) is 0 Å². The van der Waals surface area contributed by atoms with E-state index in [1.54, 1.807) is 18.6 Å². The van der Waals surface area contributed by atoms with E-state index >= 15 is 0 Å². The molecule has 1 atom stereocenters. The molecule has 1 aliphatic heterocycles. The number of rotatable bonds is 5. The molecule has 26 heavy (non-hydrogen) atoms. The van der Waals surface area contributed by atoms with E-state index in [-0.39, 0.29) is 23.9 Å². The van der Waals surface area contributed by atoms with Crippen molar-refractivity contribution in [2.75, 3.05) is 6.54 Å². The molecule has 6 nitrogen and oxygen atoms in total. The van der Waals surface area contributed by atoms with Crippen LogP contribution in [-0.4, -0.2) is 45.3 Å². The Morgan fingerprint density at radius 1 is 1.15 bits per heavy atom. The first kappa shape index (κ1) is 16.7. The maximum atomic E-state index is 12.4. The molecular formula is C20H22N4O2. The predicted octanol–water partition coefficient (Wildman–Crippen LogP) is 1.29. The summed E-state index contributed by atoms with van der Waals surface area (Å²) in [4.78, 5) is 34.8. The molecule has 0 spiro atoms. The molecule has 1 saturated heterocycles. The van der Waals surface area contributed by atoms with Gasteiger partial charge in [-0.05, 0) is 30.4 Å². The van der Waals surface area contributed by atoms with E-state index in [4.69, 9.17) is 0 Å². The number of benzene rings is 1. The monoisotopic (exact) mass is 350 g/mol. The van der Waals surface area contributed by atoms with Crippen LogP contribution in [0.4, 0.5) is 0 Å². The van der Waals surface area contributed by atoms with Gasteiger partial charge in [0.25, 0.3) is 0 Å². The number of carbonyl (C=O) groups is 2. The Labute approximate surface area is 152 Å². The molecule has 1 aliphatic carbocycles. The van der Waals surface area contributed by atoms with E-state index in [1.807, 2.05) is 17.0 Å². The number of fused-ring (bicyclic) bond motifs is 1. The standard InChI is InChI=1S/C20H22N4O2/c25-19(6-5-16-12-21-7-8-22-16)23-17-11-20(26)24(13-17)18-9-14-3-1-2-4-15(14)10-18/h1-4,7-8,12,17-18H,5-6,9-11,13H2,(H,23,25). The summed E-state index contributed by atoms with van der Waals surface area (Å²) in [7, 11) is 0. The van der Waals surface area contributed by atoms with Gasteiger partial charge in [0.1, 0.15) is 0 Å². The minimum atomic E-state index is -0.0967. The number of aromatic nitrogens is 2. The van der Waals surface area contributed by atoms with Gasteiger partial charge in [-0.3, -0.25) is 19.6 Å². The van der Waals surface area contributed by atoms with Crippen molar-refractivity contribution in [1.82, 2.24) is 20.2 Å². The van der Waals surface area contributed by atoms with E-state index < -0.39 is 0 Å². The number of nitrogens with zero attached hydrogens (tertiary/aromatic N) is 3. The highest BCUT2D eigenvalue weighted by Crippen LogP contribution is 2.28. The summed E-state index contributed by atoms with van der Waals surface area (Å²) in [5, 5.41) is 3.00. The minimum Gasteiger partial charge on any atom is -0.351 e. The third kappa shape index (κ3) is 3.59. The summed E-state index contributed by atoms with van der Waals surface area (Å²) in [6.45, 7) is 0.606. The molecule has 134 valence electrons. The topological polar surface area (TPSA) is 75.2 Å². The SMILES string of the molecule is O=C(CCc1cnccn1)NC1CC(=O)N(C2Cc3ccccc3C2)C1. The third-order valence-electron chi connectivity index (χ3n) is 5.22. The summed E-state index contributed by atoms with van der Waals surface area (Å²) in [5.41, 5.74) is 3.47. The second kappa shape index (κ2) is 7.23. The zero-order chi connectivity index (χ0) is 17.9. The highest BCUT2D eigenvalue weighted by atomic mass is 16.2. The van der Waals surface area contributed by atoms with Crippen molar-refractivity contribution in [2.24, 2.45) is 0 Å². The first-order valence-corrected chi connectivity index (χ1v) is 9.09. The molecule has 2 aliphatic rings. The predicted molar refractivity (Wildman–Crippen MR) is 96.3 cm³/mol. The lowest BCUT2D eigenvalue weighted by Crippen LogP contribution is -2.41. The van der Waals surface area contributed by atoms with Gasteiger partial charge in [0.2, 0.25) is 11.8 Å². The first-order chi connectivity index (χ1) is 12.7. The van der Waals surface area contributed by atoms with E-state index in [9.17, 15) is 9.59 Å². The van der Waals surface area contributed by atoms with Crippen molar-refractivity contribution < 1.29 is 9.59 Å². The number of hydrogen-bond donors (Lipinski definition) is 1. The Hall–Kier alpha value is -2.76. The van der Waals surface area contributed by atoms with Crippen LogP contribution in [0.15, 0.2) is 42.9 Å². The number of likely N-dealkylation sites (tertiary alicyclic amines) is 1. The third-order valence-corrected chi connectivity index (χ3v) is 5.22. The normalized spacial score (nSPS) is 19.6. The number of aryl methyl sites for hydroxylation is 1. The van der Waals surface area contributed by atoms with Crippen molar-refractivity contribution in [3.8, 4) is 0 Å². The van der Waals surface area contributed by atoms with Gasteiger partial charge in [-0.2, -0.15) is 0 Å². The number of amides is 2. The fourth-order valence-electron chi connectivity index (χ4n) is 3.94. The Morgan fingerprint density at radius 2 is 1.92 bits per heavy atom. The molecule has 4 rings (SSSR count). The van der Waals surface area contributed by atoms with E-state index in [2.05, 4.69) is 27.4 Å². The minimum absolute atomic E-state index is 0.0370. The van der Waals surface area contributed by atoms with Crippen LogP contribution in [-0.2, 0) is 28.9 Å². The molecule has 2 amide bonds. The van der Waals surface area contributed by atoms with Gasteiger partial charge in [-0.15, -0.1) is 0 Å². The second-order valence-corrected chi connectivity index (χ2v) is 7.04. The van der Waals surface area contributed by atoms with Crippen LogP contribution in [0.1, 0.15) is 29.7 Å². The lowest BCUT2D eigenvalue weighted by Gasteiger charge is -2.24. The van der Waals surface area contributed by atoms with Crippen LogP contribution in [0.25, 0.3) is 0 Å². The van der Waals surface area contributed by atoms with Gasteiger partial charge >= 0.3 is 0 Å². The molecule has 1 N–H and O–H groups in total. The maximum Gasteiger partial charge on any atom is 0.225 e. The molecule has 2 aromatic rings. The Kier molecular flexibility index (Phi) is 4.65. The number of hydrogen-bond acceptors (Lipinski definition) is 4. The van der Waals surface area contributed by atoms with Crippen LogP contribution in [0, 0.1) is 0 Å². The van der Waals surface area contributed by atoms with Gasteiger partial charge in [-0.1, -0.05) is 24.3 Å². The van der Waals surface area contributed by atoms with E-state index in [1.165, 1.54) is 11.1 Å². The van der Waals surface area contributed by atoms with Crippen molar-refractivity contribution in [1.29, 1.82) is 0 Å². The van der Waals surface area contributed by atoms with Gasteiger partial charge in [-0.25, -0.2) is 0 Å². The summed E-state index contributed by atoms with van der Waals surface area (Å²) >= 11 is 0. The maximum absolute atomic E-state index is 12.4. The molecule has 2 heterocycles. The second-order valence-electron chi connectivity index (χ2n) is 7.04. The summed E-state index contributed by atoms with van der Waals surface area (Å²) in [6.07, 6.45) is 8.05. The Balaban J connectivity index is 1.29. The molecule has 1 fully saturated rings. The Bertz CT molecular complexity index is 783. The largest absolute Gasteiger partial charge is 0.351 e. The molecule has 0 radical (unpaired) electrons. The zero-order valence-corrected chi connectivity index (χ0v) is 14.6. The van der Waals surface area contributed by atoms with Gasteiger partial charge < -0.3 is 10.2 Å². The highest BCUT2D eigenvalue weighted by molar-refractivity contribution is 5.82. The molecular weight excluding hydrogens is 328 g/mol. The quantitative estimate of drug-likeness (QED) is 0.882. The summed E-state index contributed by atoms with van der Waals surface area (Å²) < 4.78 is 0. The van der Waals surface area contributed by atoms with Crippen LogP contribution in [0.2, 0.25) is 0 Å². The van der Waals surface area contributed by atoms with Gasteiger partial charge in [0.05, 0.1) is 11.7 Å². The van der Waals surface area contributed by atoms with Crippen LogP contribution < -0.4 is 5.32 Å². The van der Waals surface area contributed by atoms with Crippen molar-refractivity contribution in [3.63, 3.8) is 0 Å². The van der Waals surface area contributed by atoms with Crippen molar-refractivity contribution in [3.05, 3.63) is 59.7 Å². The molecule has 1 unspecified atom stereocenters. The summed E-state index contributed by atoms with van der Waals surface area (Å²) in [6, 6.07) is 8.51. The van der Waals surface area contributed by atoms with Crippen LogP contribution >= 0.6 is 0 Å². The molecule has 1 aromatic heterocycles. The average molecular weight is 350 g/mol. The Morgan fingerprint density at radius 3 is 2.62 bits per heavy atom. The average Bonchev–Trinajstić information content (AvgIpc) is 3.23. The lowest BCUT2D eigenvalue weighted by molar-refractivity contribution is -0.129.